The molecule has 0 bridgehead atoms. The Morgan fingerprint density at radius 2 is 1.52 bits per heavy atom. The van der Waals surface area contributed by atoms with Gasteiger partial charge >= 0.3 is 0 Å². The van der Waals surface area contributed by atoms with Crippen molar-refractivity contribution in [3.8, 4) is 0 Å². The topological polar surface area (TPSA) is 0 Å². The Bertz CT molecular complexity index is 581. The number of benzene rings is 2. The van der Waals surface area contributed by atoms with Gasteiger partial charge in [0.15, 0.2) is 0 Å². The van der Waals surface area contributed by atoms with E-state index in [1.54, 1.807) is 0 Å². The number of rotatable bonds is 6. The van der Waals surface area contributed by atoms with E-state index in [0.717, 1.165) is 11.6 Å². The molecule has 0 heterocycles. The van der Waals surface area contributed by atoms with Crippen LogP contribution in [0.2, 0.25) is 0 Å². The summed E-state index contributed by atoms with van der Waals surface area (Å²) in [5.41, 5.74) is 1.08. The molecule has 2 aromatic carbocycles. The van der Waals surface area contributed by atoms with Crippen molar-refractivity contribution in [1.82, 2.24) is 0 Å². The third-order valence-corrected chi connectivity index (χ3v) is 4.70. The fraction of sp³-hybridized carbons (Fsp3) is 0.294. The van der Waals surface area contributed by atoms with Gasteiger partial charge in [0.2, 0.25) is 0 Å². The van der Waals surface area contributed by atoms with Crippen molar-refractivity contribution in [2.75, 3.05) is 11.8 Å². The van der Waals surface area contributed by atoms with Gasteiger partial charge in [-0.3, -0.25) is 0 Å². The standard InChI is InChI=1S/C17H16Cl2F2/c18-11-17(12-19,9-13-4-2-1-3-5-13)10-14-6-7-15(20)8-16(14)21/h1-8H,9-12H2. The van der Waals surface area contributed by atoms with Gasteiger partial charge < -0.3 is 0 Å². The average molecular weight is 329 g/mol. The molecule has 0 atom stereocenters. The number of halogens is 4. The predicted molar refractivity (Wildman–Crippen MR) is 84.1 cm³/mol. The molecule has 0 saturated carbocycles. The monoisotopic (exact) mass is 328 g/mol. The van der Waals surface area contributed by atoms with Crippen molar-refractivity contribution in [1.29, 1.82) is 0 Å². The van der Waals surface area contributed by atoms with E-state index in [-0.39, 0.29) is 0 Å². The van der Waals surface area contributed by atoms with E-state index >= 15 is 0 Å². The number of hydrogen-bond donors (Lipinski definition) is 0. The Balaban J connectivity index is 2.25. The molecule has 0 spiro atoms. The Morgan fingerprint density at radius 1 is 0.857 bits per heavy atom. The maximum atomic E-state index is 13.9. The van der Waals surface area contributed by atoms with E-state index in [0.29, 0.717) is 30.2 Å². The molecule has 0 saturated heterocycles. The highest BCUT2D eigenvalue weighted by molar-refractivity contribution is 6.21. The van der Waals surface area contributed by atoms with Crippen molar-refractivity contribution in [3.63, 3.8) is 0 Å². The Hall–Kier alpha value is -1.12. The summed E-state index contributed by atoms with van der Waals surface area (Å²) in [6.45, 7) is 0. The maximum Gasteiger partial charge on any atom is 0.129 e. The van der Waals surface area contributed by atoms with Crippen LogP contribution < -0.4 is 0 Å². The summed E-state index contributed by atoms with van der Waals surface area (Å²) < 4.78 is 26.9. The molecule has 0 aliphatic heterocycles. The lowest BCUT2D eigenvalue weighted by Gasteiger charge is -2.30. The summed E-state index contributed by atoms with van der Waals surface area (Å²) in [6, 6.07) is 13.4. The zero-order valence-electron chi connectivity index (χ0n) is 11.5. The van der Waals surface area contributed by atoms with E-state index < -0.39 is 17.0 Å². The van der Waals surface area contributed by atoms with E-state index in [1.165, 1.54) is 12.1 Å². The van der Waals surface area contributed by atoms with Crippen LogP contribution in [-0.2, 0) is 12.8 Å². The van der Waals surface area contributed by atoms with Crippen LogP contribution >= 0.6 is 23.2 Å². The van der Waals surface area contributed by atoms with Crippen molar-refractivity contribution >= 4 is 23.2 Å². The normalized spacial score (nSPS) is 11.6. The Kier molecular flexibility index (Phi) is 5.60. The third kappa shape index (κ3) is 4.18. The molecule has 0 aromatic heterocycles. The molecule has 0 N–H and O–H groups in total. The fourth-order valence-electron chi connectivity index (χ4n) is 2.39. The highest BCUT2D eigenvalue weighted by Gasteiger charge is 2.30. The van der Waals surface area contributed by atoms with Gasteiger partial charge in [0, 0.05) is 23.2 Å². The van der Waals surface area contributed by atoms with Gasteiger partial charge in [-0.15, -0.1) is 23.2 Å². The molecule has 0 amide bonds. The van der Waals surface area contributed by atoms with E-state index in [2.05, 4.69) is 0 Å². The summed E-state index contributed by atoms with van der Waals surface area (Å²) in [5.74, 6) is -0.519. The van der Waals surface area contributed by atoms with Gasteiger partial charge in [0.25, 0.3) is 0 Å². The summed E-state index contributed by atoms with van der Waals surface area (Å²) >= 11 is 12.3. The summed E-state index contributed by atoms with van der Waals surface area (Å²) in [5, 5.41) is 0. The van der Waals surface area contributed by atoms with Crippen LogP contribution in [0.3, 0.4) is 0 Å². The first kappa shape index (κ1) is 16.3. The molecule has 4 heteroatoms. The SMILES string of the molecule is Fc1ccc(CC(CCl)(CCl)Cc2ccccc2)c(F)c1. The first-order chi connectivity index (χ1) is 10.1. The minimum Gasteiger partial charge on any atom is -0.207 e. The molecule has 0 nitrogen and oxygen atoms in total. The number of alkyl halides is 2. The molecular formula is C17H16Cl2F2. The second kappa shape index (κ2) is 7.24. The Morgan fingerprint density at radius 3 is 2.10 bits per heavy atom. The quantitative estimate of drug-likeness (QED) is 0.638. The molecule has 0 radical (unpaired) electrons. The molecule has 0 unspecified atom stereocenters. The first-order valence-corrected chi connectivity index (χ1v) is 7.75. The Labute approximate surface area is 133 Å². The maximum absolute atomic E-state index is 13.9. The first-order valence-electron chi connectivity index (χ1n) is 6.68. The van der Waals surface area contributed by atoms with Crippen molar-refractivity contribution < 1.29 is 8.78 Å². The van der Waals surface area contributed by atoms with Crippen LogP contribution in [-0.4, -0.2) is 11.8 Å². The molecule has 21 heavy (non-hydrogen) atoms. The van der Waals surface area contributed by atoms with E-state index in [1.807, 2.05) is 30.3 Å². The van der Waals surface area contributed by atoms with Crippen molar-refractivity contribution in [2.45, 2.75) is 12.8 Å². The minimum atomic E-state index is -0.582. The van der Waals surface area contributed by atoms with Gasteiger partial charge in [-0.05, 0) is 30.0 Å². The van der Waals surface area contributed by atoms with Crippen LogP contribution in [0.25, 0.3) is 0 Å². The predicted octanol–water partition coefficient (Wildman–Crippen LogP) is 5.21. The second-order valence-corrected chi connectivity index (χ2v) is 5.88. The smallest absolute Gasteiger partial charge is 0.129 e. The highest BCUT2D eigenvalue weighted by Crippen LogP contribution is 2.32. The third-order valence-electron chi connectivity index (χ3n) is 3.57. The lowest BCUT2D eigenvalue weighted by molar-refractivity contribution is 0.366. The number of hydrogen-bond acceptors (Lipinski definition) is 0. The lowest BCUT2D eigenvalue weighted by atomic mass is 9.79. The summed E-state index contributed by atoms with van der Waals surface area (Å²) in [4.78, 5) is 0. The highest BCUT2D eigenvalue weighted by atomic mass is 35.5. The second-order valence-electron chi connectivity index (χ2n) is 5.34. The zero-order valence-corrected chi connectivity index (χ0v) is 13.0. The van der Waals surface area contributed by atoms with Crippen LogP contribution in [0.5, 0.6) is 0 Å². The average Bonchev–Trinajstić information content (AvgIpc) is 2.50. The largest absolute Gasteiger partial charge is 0.207 e. The van der Waals surface area contributed by atoms with Gasteiger partial charge in [0.1, 0.15) is 11.6 Å². The lowest BCUT2D eigenvalue weighted by Crippen LogP contribution is -2.31. The van der Waals surface area contributed by atoms with Gasteiger partial charge in [-0.25, -0.2) is 8.78 Å². The summed E-state index contributed by atoms with van der Waals surface area (Å²) in [7, 11) is 0. The van der Waals surface area contributed by atoms with Crippen LogP contribution in [0, 0.1) is 17.0 Å². The van der Waals surface area contributed by atoms with Crippen LogP contribution in [0.15, 0.2) is 48.5 Å². The van der Waals surface area contributed by atoms with Gasteiger partial charge in [-0.2, -0.15) is 0 Å². The molecule has 0 aliphatic rings. The van der Waals surface area contributed by atoms with Crippen molar-refractivity contribution in [2.24, 2.45) is 5.41 Å². The van der Waals surface area contributed by atoms with Crippen LogP contribution in [0.4, 0.5) is 8.78 Å². The molecular weight excluding hydrogens is 313 g/mol. The van der Waals surface area contributed by atoms with Crippen LogP contribution in [0.1, 0.15) is 11.1 Å². The summed E-state index contributed by atoms with van der Waals surface area (Å²) in [6.07, 6.45) is 1.03. The molecule has 0 aliphatic carbocycles. The minimum absolute atomic E-state index is 0.308. The van der Waals surface area contributed by atoms with E-state index in [9.17, 15) is 8.78 Å². The molecule has 2 aromatic rings. The molecule has 2 rings (SSSR count). The molecule has 0 fully saturated rings. The fourth-order valence-corrected chi connectivity index (χ4v) is 3.05. The van der Waals surface area contributed by atoms with Crippen molar-refractivity contribution in [3.05, 3.63) is 71.3 Å². The van der Waals surface area contributed by atoms with Gasteiger partial charge in [0.05, 0.1) is 0 Å². The zero-order chi connectivity index (χ0) is 15.3. The van der Waals surface area contributed by atoms with Gasteiger partial charge in [-0.1, -0.05) is 36.4 Å². The molecule has 112 valence electrons. The van der Waals surface area contributed by atoms with E-state index in [4.69, 9.17) is 23.2 Å².